The minimum absolute atomic E-state index is 0.329. The van der Waals surface area contributed by atoms with Crippen molar-refractivity contribution < 1.29 is 19.4 Å². The smallest absolute Gasteiger partial charge is 0.434 e. The highest BCUT2D eigenvalue weighted by Gasteiger charge is 2.00. The highest BCUT2D eigenvalue weighted by atomic mass is 16.8. The van der Waals surface area contributed by atoms with Crippen molar-refractivity contribution in [3.05, 3.63) is 0 Å². The molecule has 0 aromatic carbocycles. The van der Waals surface area contributed by atoms with Crippen LogP contribution in [0.15, 0.2) is 0 Å². The molecule has 10 heavy (non-hydrogen) atoms. The molecule has 0 rings (SSSR count). The van der Waals surface area contributed by atoms with Crippen LogP contribution in [0.25, 0.3) is 0 Å². The lowest BCUT2D eigenvalue weighted by Gasteiger charge is -2.00. The molecule has 0 spiro atoms. The fourth-order valence-corrected chi connectivity index (χ4v) is 0.390. The second-order valence-corrected chi connectivity index (χ2v) is 1.71. The Morgan fingerprint density at radius 2 is 2.10 bits per heavy atom. The molecule has 59 valence electrons. The van der Waals surface area contributed by atoms with Gasteiger partial charge in [-0.3, -0.25) is 0 Å². The normalized spacial score (nSPS) is 9.00. The quantitative estimate of drug-likeness (QED) is 0.342. The van der Waals surface area contributed by atoms with Gasteiger partial charge in [0.2, 0.25) is 6.79 Å². The summed E-state index contributed by atoms with van der Waals surface area (Å²) in [7, 11) is 0. The van der Waals surface area contributed by atoms with Crippen LogP contribution in [0, 0.1) is 0 Å². The van der Waals surface area contributed by atoms with E-state index < -0.39 is 12.9 Å². The summed E-state index contributed by atoms with van der Waals surface area (Å²) in [5, 5.41) is 9.65. The van der Waals surface area contributed by atoms with E-state index in [4.69, 9.17) is 0 Å². The van der Waals surface area contributed by atoms with Crippen molar-refractivity contribution in [1.29, 1.82) is 0 Å². The van der Waals surface area contributed by atoms with Crippen LogP contribution in [0.2, 0.25) is 0 Å². The molecule has 0 N–H and O–H groups in total. The van der Waals surface area contributed by atoms with Gasteiger partial charge >= 0.3 is 6.16 Å². The Hall–Kier alpha value is -0.770. The van der Waals surface area contributed by atoms with Gasteiger partial charge < -0.3 is 9.47 Å². The number of ether oxygens (including phenoxy) is 2. The number of hydrogen-bond donors (Lipinski definition) is 0. The highest BCUT2D eigenvalue weighted by molar-refractivity contribution is 5.59. The Bertz CT molecular complexity index is 91.7. The molecule has 0 aliphatic carbocycles. The van der Waals surface area contributed by atoms with E-state index in [1.807, 2.05) is 6.92 Å². The maximum absolute atomic E-state index is 10.3. The van der Waals surface area contributed by atoms with E-state index in [1.165, 1.54) is 0 Å². The molecular weight excluding hydrogens is 136 g/mol. The molecule has 0 aliphatic heterocycles. The molecule has 0 amide bonds. The van der Waals surface area contributed by atoms with Crippen LogP contribution in [0.4, 0.5) is 4.79 Å². The van der Waals surface area contributed by atoms with Crippen molar-refractivity contribution in [2.24, 2.45) is 0 Å². The Balaban J connectivity index is 3.05. The Morgan fingerprint density at radius 1 is 1.40 bits per heavy atom. The summed E-state index contributed by atoms with van der Waals surface area (Å²) in [5.74, 6) is 0. The van der Waals surface area contributed by atoms with E-state index in [-0.39, 0.29) is 0 Å². The lowest BCUT2D eigenvalue weighted by Crippen LogP contribution is -2.08. The maximum Gasteiger partial charge on any atom is 0.510 e. The first-order valence-electron chi connectivity index (χ1n) is 3.19. The van der Waals surface area contributed by atoms with Crippen molar-refractivity contribution >= 4 is 6.16 Å². The van der Waals surface area contributed by atoms with E-state index in [0.717, 1.165) is 12.8 Å². The predicted octanol–water partition coefficient (Wildman–Crippen LogP) is 1.33. The Labute approximate surface area is 59.7 Å². The van der Waals surface area contributed by atoms with Crippen LogP contribution in [-0.4, -0.2) is 19.6 Å². The summed E-state index contributed by atoms with van der Waals surface area (Å²) in [6.07, 6.45) is 0.877. The SMILES string of the molecule is CCCCOC(=O)OC[O]. The predicted molar refractivity (Wildman–Crippen MR) is 32.9 cm³/mol. The topological polar surface area (TPSA) is 55.4 Å². The summed E-state index contributed by atoms with van der Waals surface area (Å²) in [4.78, 5) is 10.3. The van der Waals surface area contributed by atoms with Crippen LogP contribution in [0.5, 0.6) is 0 Å². The Kier molecular flexibility index (Phi) is 5.86. The van der Waals surface area contributed by atoms with Crippen LogP contribution < -0.4 is 0 Å². The lowest BCUT2D eigenvalue weighted by molar-refractivity contribution is -0.0360. The second kappa shape index (κ2) is 6.35. The van der Waals surface area contributed by atoms with Gasteiger partial charge in [0.15, 0.2) is 0 Å². The van der Waals surface area contributed by atoms with Crippen LogP contribution >= 0.6 is 0 Å². The summed E-state index contributed by atoms with van der Waals surface area (Å²) in [6.45, 7) is 1.43. The summed E-state index contributed by atoms with van der Waals surface area (Å²) in [6, 6.07) is 0. The zero-order valence-corrected chi connectivity index (χ0v) is 5.96. The molecule has 0 bridgehead atoms. The zero-order chi connectivity index (χ0) is 7.82. The van der Waals surface area contributed by atoms with Crippen molar-refractivity contribution in [3.63, 3.8) is 0 Å². The summed E-state index contributed by atoms with van der Waals surface area (Å²) in [5.41, 5.74) is 0. The van der Waals surface area contributed by atoms with Crippen LogP contribution in [0.1, 0.15) is 19.8 Å². The first-order chi connectivity index (χ1) is 4.81. The van der Waals surface area contributed by atoms with Crippen LogP contribution in [0.3, 0.4) is 0 Å². The fourth-order valence-electron chi connectivity index (χ4n) is 0.390. The molecule has 0 saturated carbocycles. The van der Waals surface area contributed by atoms with E-state index >= 15 is 0 Å². The first-order valence-corrected chi connectivity index (χ1v) is 3.19. The molecule has 0 fully saturated rings. The van der Waals surface area contributed by atoms with Gasteiger partial charge in [-0.05, 0) is 6.42 Å². The third kappa shape index (κ3) is 5.37. The maximum atomic E-state index is 10.3. The van der Waals surface area contributed by atoms with Gasteiger partial charge in [0.05, 0.1) is 6.61 Å². The summed E-state index contributed by atoms with van der Waals surface area (Å²) >= 11 is 0. The molecule has 0 atom stereocenters. The highest BCUT2D eigenvalue weighted by Crippen LogP contribution is 1.90. The van der Waals surface area contributed by atoms with Crippen molar-refractivity contribution in [3.8, 4) is 0 Å². The average Bonchev–Trinajstić information content (AvgIpc) is 1.89. The minimum atomic E-state index is -0.872. The minimum Gasteiger partial charge on any atom is -0.434 e. The molecule has 0 unspecified atom stereocenters. The Morgan fingerprint density at radius 3 is 2.60 bits per heavy atom. The molecule has 4 heteroatoms. The molecule has 0 aromatic rings. The third-order valence-electron chi connectivity index (χ3n) is 0.895. The zero-order valence-electron chi connectivity index (χ0n) is 5.96. The largest absolute Gasteiger partial charge is 0.510 e. The van der Waals surface area contributed by atoms with E-state index in [9.17, 15) is 9.90 Å². The molecule has 0 aromatic heterocycles. The van der Waals surface area contributed by atoms with Gasteiger partial charge in [-0.15, -0.1) is 0 Å². The number of rotatable bonds is 4. The van der Waals surface area contributed by atoms with E-state index in [1.54, 1.807) is 0 Å². The van der Waals surface area contributed by atoms with Gasteiger partial charge in [0.25, 0.3) is 0 Å². The van der Waals surface area contributed by atoms with Crippen molar-refractivity contribution in [2.45, 2.75) is 19.8 Å². The first kappa shape index (κ1) is 9.23. The molecule has 0 saturated heterocycles. The molecule has 0 heterocycles. The average molecular weight is 147 g/mol. The van der Waals surface area contributed by atoms with Crippen molar-refractivity contribution in [2.75, 3.05) is 13.4 Å². The molecular formula is C6H11O4. The van der Waals surface area contributed by atoms with Gasteiger partial charge in [-0.1, -0.05) is 13.3 Å². The van der Waals surface area contributed by atoms with Gasteiger partial charge in [0.1, 0.15) is 0 Å². The number of carbonyl (C=O) groups is 1. The molecule has 4 nitrogen and oxygen atoms in total. The monoisotopic (exact) mass is 147 g/mol. The second-order valence-electron chi connectivity index (χ2n) is 1.71. The fraction of sp³-hybridized carbons (Fsp3) is 0.833. The van der Waals surface area contributed by atoms with E-state index in [2.05, 4.69) is 9.47 Å². The van der Waals surface area contributed by atoms with Gasteiger partial charge in [0, 0.05) is 0 Å². The van der Waals surface area contributed by atoms with Crippen LogP contribution in [-0.2, 0) is 14.6 Å². The molecule has 1 radical (unpaired) electrons. The third-order valence-corrected chi connectivity index (χ3v) is 0.895. The number of hydrogen-bond acceptors (Lipinski definition) is 3. The summed E-state index contributed by atoms with van der Waals surface area (Å²) < 4.78 is 8.43. The van der Waals surface area contributed by atoms with Gasteiger partial charge in [-0.25, -0.2) is 4.79 Å². The standard InChI is InChI=1S/C6H11O4/c1-2-3-4-9-6(8)10-5-7/h2-5H2,1H3. The number of unbranched alkanes of at least 4 members (excludes halogenated alkanes) is 1. The van der Waals surface area contributed by atoms with Gasteiger partial charge in [-0.2, -0.15) is 5.11 Å². The van der Waals surface area contributed by atoms with E-state index in [0.29, 0.717) is 6.61 Å². The molecule has 0 aliphatic rings. The lowest BCUT2D eigenvalue weighted by atomic mass is 10.4. The van der Waals surface area contributed by atoms with Crippen molar-refractivity contribution in [1.82, 2.24) is 0 Å². The number of carbonyl (C=O) groups excluding carboxylic acids is 1.